The maximum Gasteiger partial charge on any atom is 0.338 e. The molecular weight excluding hydrogens is 356 g/mol. The van der Waals surface area contributed by atoms with Crippen LogP contribution >= 0.6 is 0 Å². The third kappa shape index (κ3) is 6.87. The largest absolute Gasteiger partial charge is 0.452 e. The number of ether oxygens (including phenoxy) is 1. The first-order valence-electron chi connectivity index (χ1n) is 9.34. The zero-order valence-electron chi connectivity index (χ0n) is 16.2. The first-order valence-corrected chi connectivity index (χ1v) is 9.34. The maximum atomic E-state index is 12.2. The Morgan fingerprint density at radius 3 is 2.29 bits per heavy atom. The summed E-state index contributed by atoms with van der Waals surface area (Å²) in [5.74, 6) is -1.02. The molecule has 148 valence electrons. The molecule has 0 aliphatic rings. The molecular formula is C22H26N2O4. The second-order valence-electron chi connectivity index (χ2n) is 6.50. The second-order valence-corrected chi connectivity index (χ2v) is 6.50. The summed E-state index contributed by atoms with van der Waals surface area (Å²) in [5, 5.41) is 5.61. The number of hydrogen-bond donors (Lipinski definition) is 2. The Labute approximate surface area is 165 Å². The van der Waals surface area contributed by atoms with Crippen LogP contribution in [-0.2, 0) is 20.9 Å². The van der Waals surface area contributed by atoms with Crippen LogP contribution in [-0.4, -0.2) is 24.4 Å². The van der Waals surface area contributed by atoms with Gasteiger partial charge in [0.05, 0.1) is 11.6 Å². The Hall–Kier alpha value is -3.15. The lowest BCUT2D eigenvalue weighted by Gasteiger charge is -2.18. The smallest absolute Gasteiger partial charge is 0.338 e. The van der Waals surface area contributed by atoms with E-state index in [0.717, 1.165) is 24.0 Å². The summed E-state index contributed by atoms with van der Waals surface area (Å²) in [7, 11) is 0. The summed E-state index contributed by atoms with van der Waals surface area (Å²) in [5.41, 5.74) is 2.25. The van der Waals surface area contributed by atoms with E-state index in [-0.39, 0.29) is 24.5 Å². The summed E-state index contributed by atoms with van der Waals surface area (Å²) < 4.78 is 5.12. The van der Waals surface area contributed by atoms with Gasteiger partial charge >= 0.3 is 5.97 Å². The third-order valence-corrected chi connectivity index (χ3v) is 4.18. The number of benzene rings is 2. The van der Waals surface area contributed by atoms with Crippen molar-refractivity contribution in [1.29, 1.82) is 0 Å². The Bertz CT molecular complexity index is 788. The van der Waals surface area contributed by atoms with Crippen molar-refractivity contribution in [2.75, 3.05) is 6.61 Å². The minimum absolute atomic E-state index is 0.106. The van der Waals surface area contributed by atoms with Crippen molar-refractivity contribution in [1.82, 2.24) is 10.6 Å². The van der Waals surface area contributed by atoms with E-state index in [9.17, 15) is 14.4 Å². The first-order chi connectivity index (χ1) is 13.5. The molecule has 6 nitrogen and oxygen atoms in total. The first kappa shape index (κ1) is 21.2. The van der Waals surface area contributed by atoms with Gasteiger partial charge in [-0.3, -0.25) is 9.59 Å². The quantitative estimate of drug-likeness (QED) is 0.653. The van der Waals surface area contributed by atoms with Crippen molar-refractivity contribution < 1.29 is 19.1 Å². The van der Waals surface area contributed by atoms with Crippen LogP contribution in [0.25, 0.3) is 0 Å². The summed E-state index contributed by atoms with van der Waals surface area (Å²) >= 11 is 0. The number of rotatable bonds is 9. The summed E-state index contributed by atoms with van der Waals surface area (Å²) in [4.78, 5) is 35.3. The SMILES string of the molecule is CCCC(NC(=O)COC(=O)c1ccc(CNC(C)=O)cc1)c1ccccc1. The minimum atomic E-state index is -0.562. The highest BCUT2D eigenvalue weighted by atomic mass is 16.5. The van der Waals surface area contributed by atoms with Gasteiger partial charge in [0, 0.05) is 13.5 Å². The van der Waals surface area contributed by atoms with E-state index in [4.69, 9.17) is 4.74 Å². The normalized spacial score (nSPS) is 11.4. The molecule has 0 radical (unpaired) electrons. The fraction of sp³-hybridized carbons (Fsp3) is 0.318. The number of esters is 1. The monoisotopic (exact) mass is 382 g/mol. The van der Waals surface area contributed by atoms with Crippen LogP contribution < -0.4 is 10.6 Å². The van der Waals surface area contributed by atoms with Gasteiger partial charge in [-0.25, -0.2) is 4.79 Å². The average molecular weight is 382 g/mol. The second kappa shape index (κ2) is 10.9. The molecule has 0 aliphatic heterocycles. The van der Waals surface area contributed by atoms with Gasteiger partial charge in [-0.15, -0.1) is 0 Å². The fourth-order valence-corrected chi connectivity index (χ4v) is 2.73. The molecule has 2 rings (SSSR count). The number of hydrogen-bond acceptors (Lipinski definition) is 4. The molecule has 0 aliphatic carbocycles. The lowest BCUT2D eigenvalue weighted by atomic mass is 10.0. The highest BCUT2D eigenvalue weighted by Gasteiger charge is 2.15. The summed E-state index contributed by atoms with van der Waals surface area (Å²) in [6.07, 6.45) is 1.73. The van der Waals surface area contributed by atoms with E-state index >= 15 is 0 Å². The number of amides is 2. The van der Waals surface area contributed by atoms with Crippen LogP contribution in [0.1, 0.15) is 54.2 Å². The lowest BCUT2D eigenvalue weighted by Crippen LogP contribution is -2.32. The third-order valence-electron chi connectivity index (χ3n) is 4.18. The van der Waals surface area contributed by atoms with E-state index in [1.165, 1.54) is 6.92 Å². The van der Waals surface area contributed by atoms with Crippen molar-refractivity contribution in [2.24, 2.45) is 0 Å². The highest BCUT2D eigenvalue weighted by Crippen LogP contribution is 2.18. The van der Waals surface area contributed by atoms with Crippen LogP contribution in [0.3, 0.4) is 0 Å². The predicted octanol–water partition coefficient (Wildman–Crippen LogP) is 3.14. The van der Waals surface area contributed by atoms with Crippen LogP contribution in [0.5, 0.6) is 0 Å². The fourth-order valence-electron chi connectivity index (χ4n) is 2.73. The van der Waals surface area contributed by atoms with Gasteiger partial charge in [0.1, 0.15) is 0 Å². The van der Waals surface area contributed by atoms with Gasteiger partial charge in [0.25, 0.3) is 5.91 Å². The van der Waals surface area contributed by atoms with Crippen LogP contribution in [0, 0.1) is 0 Å². The molecule has 2 amide bonds. The van der Waals surface area contributed by atoms with Crippen molar-refractivity contribution in [3.63, 3.8) is 0 Å². The molecule has 2 aromatic rings. The van der Waals surface area contributed by atoms with E-state index < -0.39 is 5.97 Å². The molecule has 1 unspecified atom stereocenters. The van der Waals surface area contributed by atoms with Crippen molar-refractivity contribution in [3.05, 3.63) is 71.3 Å². The van der Waals surface area contributed by atoms with Crippen molar-refractivity contribution >= 4 is 17.8 Å². The van der Waals surface area contributed by atoms with E-state index in [1.807, 2.05) is 30.3 Å². The van der Waals surface area contributed by atoms with E-state index in [1.54, 1.807) is 24.3 Å². The average Bonchev–Trinajstić information content (AvgIpc) is 2.71. The maximum absolute atomic E-state index is 12.2. The zero-order valence-corrected chi connectivity index (χ0v) is 16.2. The zero-order chi connectivity index (χ0) is 20.4. The number of nitrogens with one attached hydrogen (secondary N) is 2. The Morgan fingerprint density at radius 2 is 1.68 bits per heavy atom. The predicted molar refractivity (Wildman–Crippen MR) is 106 cm³/mol. The van der Waals surface area contributed by atoms with Gasteiger partial charge < -0.3 is 15.4 Å². The van der Waals surface area contributed by atoms with Gasteiger partial charge in [0.15, 0.2) is 6.61 Å². The van der Waals surface area contributed by atoms with Gasteiger partial charge in [-0.1, -0.05) is 55.8 Å². The Morgan fingerprint density at radius 1 is 1.00 bits per heavy atom. The number of carbonyl (C=O) groups is 3. The molecule has 0 aromatic heterocycles. The minimum Gasteiger partial charge on any atom is -0.452 e. The summed E-state index contributed by atoms with van der Waals surface area (Å²) in [6, 6.07) is 16.3. The Kier molecular flexibility index (Phi) is 8.21. The molecule has 0 bridgehead atoms. The summed E-state index contributed by atoms with van der Waals surface area (Å²) in [6.45, 7) is 3.56. The van der Waals surface area contributed by atoms with Gasteiger partial charge in [0.2, 0.25) is 5.91 Å². The molecule has 0 saturated heterocycles. The molecule has 0 saturated carbocycles. The van der Waals surface area contributed by atoms with Crippen molar-refractivity contribution in [2.45, 2.75) is 39.3 Å². The van der Waals surface area contributed by atoms with Crippen LogP contribution in [0.4, 0.5) is 0 Å². The van der Waals surface area contributed by atoms with Gasteiger partial charge in [-0.05, 0) is 29.7 Å². The lowest BCUT2D eigenvalue weighted by molar-refractivity contribution is -0.125. The van der Waals surface area contributed by atoms with Gasteiger partial charge in [-0.2, -0.15) is 0 Å². The molecule has 0 spiro atoms. The molecule has 28 heavy (non-hydrogen) atoms. The molecule has 2 N–H and O–H groups in total. The topological polar surface area (TPSA) is 84.5 Å². The molecule has 1 atom stereocenters. The van der Waals surface area contributed by atoms with E-state index in [0.29, 0.717) is 12.1 Å². The molecule has 0 heterocycles. The van der Waals surface area contributed by atoms with Crippen LogP contribution in [0.2, 0.25) is 0 Å². The van der Waals surface area contributed by atoms with E-state index in [2.05, 4.69) is 17.6 Å². The Balaban J connectivity index is 1.85. The molecule has 6 heteroatoms. The molecule has 0 fully saturated rings. The van der Waals surface area contributed by atoms with Crippen molar-refractivity contribution in [3.8, 4) is 0 Å². The highest BCUT2D eigenvalue weighted by molar-refractivity contribution is 5.91. The molecule has 2 aromatic carbocycles. The van der Waals surface area contributed by atoms with Crippen LogP contribution in [0.15, 0.2) is 54.6 Å². The standard InChI is InChI=1S/C22H26N2O4/c1-3-7-20(18-8-5-4-6-9-18)24-21(26)15-28-22(27)19-12-10-17(11-13-19)14-23-16(2)25/h4-6,8-13,20H,3,7,14-15H2,1-2H3,(H,23,25)(H,24,26). The number of carbonyl (C=O) groups excluding carboxylic acids is 3.